The molecule has 0 aliphatic heterocycles. The molecule has 29 heavy (non-hydrogen) atoms. The molecule has 0 heterocycles. The Kier molecular flexibility index (Phi) is 6.85. The molecule has 1 aliphatic carbocycles. The normalized spacial score (nSPS) is 13.6. The van der Waals surface area contributed by atoms with Crippen molar-refractivity contribution in [1.82, 2.24) is 5.32 Å². The zero-order chi connectivity index (χ0) is 20.8. The number of carbonyl (C=O) groups excluding carboxylic acids is 1. The molecule has 2 N–H and O–H groups in total. The summed E-state index contributed by atoms with van der Waals surface area (Å²) in [5, 5.41) is 11.9. The molecule has 1 atom stereocenters. The summed E-state index contributed by atoms with van der Waals surface area (Å²) in [5.41, 5.74) is 4.43. The Bertz CT molecular complexity index is 816. The first-order valence-corrected chi connectivity index (χ1v) is 9.39. The number of alkyl carbamates (subject to hydrolysis) is 1. The van der Waals surface area contributed by atoms with Crippen LogP contribution in [-0.2, 0) is 19.0 Å². The Morgan fingerprint density at radius 1 is 0.966 bits per heavy atom. The van der Waals surface area contributed by atoms with E-state index in [2.05, 4.69) is 17.4 Å². The van der Waals surface area contributed by atoms with Crippen LogP contribution < -0.4 is 5.32 Å². The molecule has 0 spiro atoms. The highest BCUT2D eigenvalue weighted by Crippen LogP contribution is 2.44. The third-order valence-electron chi connectivity index (χ3n) is 5.12. The minimum Gasteiger partial charge on any atom is -0.480 e. The number of fused-ring (bicyclic) bond motifs is 3. The fourth-order valence-corrected chi connectivity index (χ4v) is 3.82. The quantitative estimate of drug-likeness (QED) is 0.673. The highest BCUT2D eigenvalue weighted by Gasteiger charge is 2.32. The Morgan fingerprint density at radius 3 is 1.97 bits per heavy atom. The van der Waals surface area contributed by atoms with Gasteiger partial charge in [0.25, 0.3) is 0 Å². The first-order valence-electron chi connectivity index (χ1n) is 9.39. The Hall–Kier alpha value is -2.90. The van der Waals surface area contributed by atoms with Crippen LogP contribution in [0.5, 0.6) is 0 Å². The smallest absolute Gasteiger partial charge is 0.407 e. The second-order valence-corrected chi connectivity index (χ2v) is 6.96. The molecular formula is C22H25NO6. The molecule has 1 aliphatic rings. The lowest BCUT2D eigenvalue weighted by molar-refractivity contribution is -0.142. The average molecular weight is 399 g/mol. The van der Waals surface area contributed by atoms with Crippen molar-refractivity contribution in [3.05, 3.63) is 59.7 Å². The van der Waals surface area contributed by atoms with Gasteiger partial charge >= 0.3 is 12.1 Å². The summed E-state index contributed by atoms with van der Waals surface area (Å²) >= 11 is 0. The summed E-state index contributed by atoms with van der Waals surface area (Å²) < 4.78 is 15.5. The van der Waals surface area contributed by atoms with Gasteiger partial charge in [0, 0.05) is 26.1 Å². The lowest BCUT2D eigenvalue weighted by Gasteiger charge is -2.24. The van der Waals surface area contributed by atoms with Crippen LogP contribution >= 0.6 is 0 Å². The van der Waals surface area contributed by atoms with Gasteiger partial charge in [-0.25, -0.2) is 9.59 Å². The van der Waals surface area contributed by atoms with Gasteiger partial charge in [0.2, 0.25) is 0 Å². The monoisotopic (exact) mass is 399 g/mol. The lowest BCUT2D eigenvalue weighted by atomic mass is 9.98. The van der Waals surface area contributed by atoms with Gasteiger partial charge in [-0.3, -0.25) is 0 Å². The summed E-state index contributed by atoms with van der Waals surface area (Å²) in [6, 6.07) is 14.8. The molecule has 7 nitrogen and oxygen atoms in total. The summed E-state index contributed by atoms with van der Waals surface area (Å²) in [5.74, 6) is -1.80. The number of methoxy groups -OCH3 is 2. The number of aliphatic carboxylic acids is 1. The average Bonchev–Trinajstić information content (AvgIpc) is 3.04. The number of benzene rings is 2. The van der Waals surface area contributed by atoms with Crippen molar-refractivity contribution in [2.24, 2.45) is 5.92 Å². The van der Waals surface area contributed by atoms with E-state index in [0.29, 0.717) is 0 Å². The van der Waals surface area contributed by atoms with Gasteiger partial charge in [0.15, 0.2) is 0 Å². The predicted octanol–water partition coefficient (Wildman–Crippen LogP) is 2.89. The van der Waals surface area contributed by atoms with Crippen molar-refractivity contribution < 1.29 is 28.9 Å². The number of hydrogen-bond acceptors (Lipinski definition) is 5. The fourth-order valence-electron chi connectivity index (χ4n) is 3.82. The lowest BCUT2D eigenvalue weighted by Crippen LogP contribution is -2.49. The Morgan fingerprint density at radius 2 is 1.48 bits per heavy atom. The topological polar surface area (TPSA) is 94.1 Å². The molecule has 0 radical (unpaired) electrons. The van der Waals surface area contributed by atoms with Gasteiger partial charge in [-0.2, -0.15) is 0 Å². The number of hydrogen-bond donors (Lipinski definition) is 2. The van der Waals surface area contributed by atoms with E-state index in [-0.39, 0.29) is 25.7 Å². The van der Waals surface area contributed by atoms with Crippen LogP contribution in [0, 0.1) is 5.92 Å². The van der Waals surface area contributed by atoms with Gasteiger partial charge in [0.1, 0.15) is 12.6 Å². The van der Waals surface area contributed by atoms with Crippen LogP contribution in [0.15, 0.2) is 48.5 Å². The maximum absolute atomic E-state index is 12.4. The highest BCUT2D eigenvalue weighted by atomic mass is 16.5. The third kappa shape index (κ3) is 4.58. The van der Waals surface area contributed by atoms with Gasteiger partial charge in [0.05, 0.1) is 13.2 Å². The largest absolute Gasteiger partial charge is 0.480 e. The summed E-state index contributed by atoms with van der Waals surface area (Å²) in [6.45, 7) is 0.383. The molecule has 2 aromatic carbocycles. The number of rotatable bonds is 9. The number of amides is 1. The summed E-state index contributed by atoms with van der Waals surface area (Å²) in [4.78, 5) is 24.0. The van der Waals surface area contributed by atoms with E-state index in [1.807, 2.05) is 36.4 Å². The van der Waals surface area contributed by atoms with E-state index in [9.17, 15) is 14.7 Å². The first-order chi connectivity index (χ1) is 14.1. The minimum atomic E-state index is -1.18. The van der Waals surface area contributed by atoms with Crippen LogP contribution in [0.4, 0.5) is 4.79 Å². The molecule has 0 aromatic heterocycles. The second kappa shape index (κ2) is 9.54. The number of carboxylic acids is 1. The van der Waals surface area contributed by atoms with Crippen molar-refractivity contribution in [2.45, 2.75) is 12.0 Å². The van der Waals surface area contributed by atoms with Gasteiger partial charge < -0.3 is 24.6 Å². The number of nitrogens with one attached hydrogen (secondary N) is 1. The van der Waals surface area contributed by atoms with Crippen molar-refractivity contribution in [3.63, 3.8) is 0 Å². The van der Waals surface area contributed by atoms with E-state index in [4.69, 9.17) is 14.2 Å². The molecule has 0 bridgehead atoms. The molecule has 1 amide bonds. The number of carbonyl (C=O) groups is 2. The van der Waals surface area contributed by atoms with E-state index in [1.165, 1.54) is 14.2 Å². The van der Waals surface area contributed by atoms with Crippen LogP contribution in [-0.4, -0.2) is 57.3 Å². The highest BCUT2D eigenvalue weighted by molar-refractivity contribution is 5.81. The number of carboxylic acid groups (broad SMARTS) is 1. The van der Waals surface area contributed by atoms with Crippen LogP contribution in [0.1, 0.15) is 17.0 Å². The van der Waals surface area contributed by atoms with Gasteiger partial charge in [-0.15, -0.1) is 0 Å². The number of ether oxygens (including phenoxy) is 3. The van der Waals surface area contributed by atoms with E-state index < -0.39 is 24.0 Å². The van der Waals surface area contributed by atoms with E-state index >= 15 is 0 Å². The maximum atomic E-state index is 12.4. The molecule has 2 aromatic rings. The molecule has 1 unspecified atom stereocenters. The van der Waals surface area contributed by atoms with Crippen molar-refractivity contribution in [2.75, 3.05) is 34.0 Å². The van der Waals surface area contributed by atoms with Crippen molar-refractivity contribution >= 4 is 12.1 Å². The molecule has 0 fully saturated rings. The Balaban J connectivity index is 1.69. The molecule has 154 valence electrons. The molecule has 0 saturated heterocycles. The summed E-state index contributed by atoms with van der Waals surface area (Å²) in [6.07, 6.45) is -0.781. The zero-order valence-electron chi connectivity index (χ0n) is 16.5. The van der Waals surface area contributed by atoms with Crippen LogP contribution in [0.25, 0.3) is 11.1 Å². The second-order valence-electron chi connectivity index (χ2n) is 6.96. The van der Waals surface area contributed by atoms with Crippen LogP contribution in [0.2, 0.25) is 0 Å². The van der Waals surface area contributed by atoms with E-state index in [1.54, 1.807) is 0 Å². The minimum absolute atomic E-state index is 0.0924. The van der Waals surface area contributed by atoms with Gasteiger partial charge in [-0.05, 0) is 22.3 Å². The Labute approximate surface area is 169 Å². The van der Waals surface area contributed by atoms with Crippen molar-refractivity contribution in [1.29, 1.82) is 0 Å². The molecule has 7 heteroatoms. The van der Waals surface area contributed by atoms with Crippen molar-refractivity contribution in [3.8, 4) is 11.1 Å². The molecule has 0 saturated carbocycles. The standard InChI is InChI=1S/C22H25NO6/c1-27-11-14(12-28-2)20(21(24)25)23-22(26)29-13-19-17-9-5-3-7-15(17)16-8-4-6-10-18(16)19/h3-10,14,19-20H,11-13H2,1-2H3,(H,23,26)(H,24,25). The molecular weight excluding hydrogens is 374 g/mol. The summed E-state index contributed by atoms with van der Waals surface area (Å²) in [7, 11) is 2.93. The van der Waals surface area contributed by atoms with Crippen LogP contribution in [0.3, 0.4) is 0 Å². The predicted molar refractivity (Wildman–Crippen MR) is 107 cm³/mol. The van der Waals surface area contributed by atoms with Gasteiger partial charge in [-0.1, -0.05) is 48.5 Å². The maximum Gasteiger partial charge on any atom is 0.407 e. The zero-order valence-corrected chi connectivity index (χ0v) is 16.5. The fraction of sp³-hybridized carbons (Fsp3) is 0.364. The van der Waals surface area contributed by atoms with E-state index in [0.717, 1.165) is 22.3 Å². The molecule has 3 rings (SSSR count). The third-order valence-corrected chi connectivity index (χ3v) is 5.12. The SMILES string of the molecule is COCC(COC)C(NC(=O)OCC1c2ccccc2-c2ccccc21)C(=O)O. The first kappa shape index (κ1) is 20.8.